The highest BCUT2D eigenvalue weighted by Gasteiger charge is 2.27. The highest BCUT2D eigenvalue weighted by molar-refractivity contribution is 5.79. The second-order valence-corrected chi connectivity index (χ2v) is 7.44. The number of benzene rings is 1. The van der Waals surface area contributed by atoms with E-state index < -0.39 is 0 Å². The molecule has 1 aliphatic carbocycles. The fourth-order valence-electron chi connectivity index (χ4n) is 3.94. The van der Waals surface area contributed by atoms with Crippen molar-refractivity contribution in [3.63, 3.8) is 0 Å². The third-order valence-electron chi connectivity index (χ3n) is 5.56. The lowest BCUT2D eigenvalue weighted by Gasteiger charge is -2.28. The minimum absolute atomic E-state index is 0.0241. The summed E-state index contributed by atoms with van der Waals surface area (Å²) in [6.45, 7) is 2.28. The van der Waals surface area contributed by atoms with Gasteiger partial charge in [-0.15, -0.1) is 0 Å². The van der Waals surface area contributed by atoms with Crippen molar-refractivity contribution in [1.29, 1.82) is 0 Å². The third kappa shape index (κ3) is 4.10. The molecular weight excluding hydrogens is 343 g/mol. The molecular formula is C21H25FN4O. The van der Waals surface area contributed by atoms with E-state index in [1.807, 2.05) is 6.20 Å². The van der Waals surface area contributed by atoms with Crippen LogP contribution in [0.15, 0.2) is 30.5 Å². The Hall–Kier alpha value is -2.50. The number of hydrogen-bond donors (Lipinski definition) is 1. The third-order valence-corrected chi connectivity index (χ3v) is 5.56. The van der Waals surface area contributed by atoms with Gasteiger partial charge < -0.3 is 10.2 Å². The van der Waals surface area contributed by atoms with E-state index in [9.17, 15) is 9.18 Å². The zero-order valence-electron chi connectivity index (χ0n) is 15.5. The molecule has 1 aromatic heterocycles. The number of amides is 1. The fourth-order valence-corrected chi connectivity index (χ4v) is 3.94. The van der Waals surface area contributed by atoms with Crippen LogP contribution < -0.4 is 10.2 Å². The zero-order valence-corrected chi connectivity index (χ0v) is 15.5. The molecule has 0 spiro atoms. The molecule has 1 aliphatic heterocycles. The van der Waals surface area contributed by atoms with Crippen LogP contribution in [0.3, 0.4) is 0 Å². The van der Waals surface area contributed by atoms with Gasteiger partial charge in [0.2, 0.25) is 11.9 Å². The predicted octanol–water partition coefficient (Wildman–Crippen LogP) is 3.03. The van der Waals surface area contributed by atoms with E-state index in [-0.39, 0.29) is 24.2 Å². The number of rotatable bonds is 4. The van der Waals surface area contributed by atoms with Gasteiger partial charge in [-0.1, -0.05) is 18.2 Å². The van der Waals surface area contributed by atoms with Crippen molar-refractivity contribution in [3.8, 4) is 0 Å². The first-order valence-electron chi connectivity index (χ1n) is 9.81. The minimum atomic E-state index is -0.287. The van der Waals surface area contributed by atoms with Gasteiger partial charge in [0.05, 0.1) is 0 Å². The number of hydrogen-bond acceptors (Lipinski definition) is 4. The molecule has 1 N–H and O–H groups in total. The summed E-state index contributed by atoms with van der Waals surface area (Å²) in [7, 11) is 0. The van der Waals surface area contributed by atoms with Crippen LogP contribution >= 0.6 is 0 Å². The molecule has 1 saturated heterocycles. The largest absolute Gasteiger partial charge is 0.352 e. The van der Waals surface area contributed by atoms with Gasteiger partial charge in [-0.2, -0.15) is 0 Å². The van der Waals surface area contributed by atoms with Crippen LogP contribution in [-0.4, -0.2) is 29.0 Å². The highest BCUT2D eigenvalue weighted by atomic mass is 19.1. The summed E-state index contributed by atoms with van der Waals surface area (Å²) >= 11 is 0. The Bertz CT molecular complexity index is 820. The summed E-state index contributed by atoms with van der Waals surface area (Å²) in [5.74, 6) is 0.416. The lowest BCUT2D eigenvalue weighted by atomic mass is 9.86. The Kier molecular flexibility index (Phi) is 5.32. The van der Waals surface area contributed by atoms with Gasteiger partial charge in [0.1, 0.15) is 5.82 Å². The molecule has 5 nitrogen and oxygen atoms in total. The molecule has 2 aliphatic rings. The lowest BCUT2D eigenvalue weighted by Crippen LogP contribution is -2.35. The summed E-state index contributed by atoms with van der Waals surface area (Å²) < 4.78 is 13.7. The quantitative estimate of drug-likeness (QED) is 0.901. The first-order chi connectivity index (χ1) is 13.2. The Morgan fingerprint density at radius 2 is 2.04 bits per heavy atom. The van der Waals surface area contributed by atoms with Crippen LogP contribution in [0.4, 0.5) is 10.3 Å². The van der Waals surface area contributed by atoms with E-state index in [4.69, 9.17) is 4.98 Å². The molecule has 27 heavy (non-hydrogen) atoms. The van der Waals surface area contributed by atoms with E-state index in [1.54, 1.807) is 18.2 Å². The predicted molar refractivity (Wildman–Crippen MR) is 102 cm³/mol. The van der Waals surface area contributed by atoms with E-state index in [0.717, 1.165) is 43.1 Å². The average molecular weight is 368 g/mol. The van der Waals surface area contributed by atoms with Crippen LogP contribution in [0.2, 0.25) is 0 Å². The van der Waals surface area contributed by atoms with Gasteiger partial charge in [-0.05, 0) is 50.2 Å². The zero-order chi connectivity index (χ0) is 18.6. The number of piperidine rings is 1. The molecule has 0 saturated carbocycles. The summed E-state index contributed by atoms with van der Waals surface area (Å²) in [6.07, 6.45) is 7.78. The van der Waals surface area contributed by atoms with Gasteiger partial charge >= 0.3 is 0 Å². The van der Waals surface area contributed by atoms with Gasteiger partial charge in [0.15, 0.2) is 0 Å². The van der Waals surface area contributed by atoms with E-state index in [1.165, 1.54) is 25.3 Å². The van der Waals surface area contributed by atoms with Crippen LogP contribution in [0.25, 0.3) is 0 Å². The van der Waals surface area contributed by atoms with Crippen molar-refractivity contribution in [3.05, 3.63) is 53.1 Å². The first-order valence-corrected chi connectivity index (χ1v) is 9.81. The average Bonchev–Trinajstić information content (AvgIpc) is 2.73. The molecule has 142 valence electrons. The van der Waals surface area contributed by atoms with E-state index in [0.29, 0.717) is 12.0 Å². The maximum absolute atomic E-state index is 13.7. The van der Waals surface area contributed by atoms with Crippen molar-refractivity contribution in [2.24, 2.45) is 5.92 Å². The van der Waals surface area contributed by atoms with Crippen LogP contribution in [-0.2, 0) is 24.2 Å². The molecule has 1 amide bonds. The van der Waals surface area contributed by atoms with E-state index in [2.05, 4.69) is 15.2 Å². The number of carbonyl (C=O) groups excluding carboxylic acids is 1. The molecule has 2 heterocycles. The second kappa shape index (κ2) is 8.03. The normalized spacial score (nSPS) is 19.4. The number of nitrogens with zero attached hydrogens (tertiary/aromatic N) is 3. The molecule has 1 aromatic carbocycles. The summed E-state index contributed by atoms with van der Waals surface area (Å²) in [4.78, 5) is 24.1. The number of nitrogens with one attached hydrogen (secondary N) is 1. The monoisotopic (exact) mass is 368 g/mol. The lowest BCUT2D eigenvalue weighted by molar-refractivity contribution is -0.125. The number of aromatic nitrogens is 2. The van der Waals surface area contributed by atoms with Gasteiger partial charge in [-0.3, -0.25) is 4.79 Å². The SMILES string of the molecule is O=C(NCc1ccccc1F)[C@@H]1CCc2nc(N3CCCCC3)ncc2C1. The van der Waals surface area contributed by atoms with Crippen molar-refractivity contribution < 1.29 is 9.18 Å². The fraction of sp³-hybridized carbons (Fsp3) is 0.476. The smallest absolute Gasteiger partial charge is 0.225 e. The maximum atomic E-state index is 13.7. The van der Waals surface area contributed by atoms with Crippen molar-refractivity contribution in [2.45, 2.75) is 45.1 Å². The first kappa shape index (κ1) is 17.9. The Labute approximate surface area is 159 Å². The number of halogens is 1. The van der Waals surface area contributed by atoms with Crippen molar-refractivity contribution in [2.75, 3.05) is 18.0 Å². The van der Waals surface area contributed by atoms with Gasteiger partial charge in [0.25, 0.3) is 0 Å². The molecule has 4 rings (SSSR count). The molecule has 1 atom stereocenters. The summed E-state index contributed by atoms with van der Waals surface area (Å²) in [5.41, 5.74) is 2.65. The molecule has 0 radical (unpaired) electrons. The number of carbonyl (C=O) groups is 1. The second-order valence-electron chi connectivity index (χ2n) is 7.44. The Morgan fingerprint density at radius 3 is 2.85 bits per heavy atom. The maximum Gasteiger partial charge on any atom is 0.225 e. The Balaban J connectivity index is 1.37. The summed E-state index contributed by atoms with van der Waals surface area (Å²) in [5, 5.41) is 2.88. The topological polar surface area (TPSA) is 58.1 Å². The Morgan fingerprint density at radius 1 is 1.22 bits per heavy atom. The van der Waals surface area contributed by atoms with Gasteiger partial charge in [-0.25, -0.2) is 14.4 Å². The molecule has 0 bridgehead atoms. The molecule has 6 heteroatoms. The van der Waals surface area contributed by atoms with Crippen LogP contribution in [0, 0.1) is 11.7 Å². The van der Waals surface area contributed by atoms with Crippen LogP contribution in [0.1, 0.15) is 42.5 Å². The van der Waals surface area contributed by atoms with Crippen LogP contribution in [0.5, 0.6) is 0 Å². The highest BCUT2D eigenvalue weighted by Crippen LogP contribution is 2.26. The molecule has 0 unspecified atom stereocenters. The van der Waals surface area contributed by atoms with E-state index >= 15 is 0 Å². The molecule has 2 aromatic rings. The van der Waals surface area contributed by atoms with Gasteiger partial charge in [0, 0.05) is 43.0 Å². The number of anilines is 1. The standard InChI is InChI=1S/C21H25FN4O/c22-18-7-3-2-6-16(18)13-23-20(27)15-8-9-19-17(12-15)14-24-21(25-19)26-10-4-1-5-11-26/h2-3,6-7,14-15H,1,4-5,8-13H2,(H,23,27)/t15-/m1/s1. The minimum Gasteiger partial charge on any atom is -0.352 e. The summed E-state index contributed by atoms with van der Waals surface area (Å²) in [6, 6.07) is 6.53. The van der Waals surface area contributed by atoms with Crippen molar-refractivity contribution in [1.82, 2.24) is 15.3 Å². The van der Waals surface area contributed by atoms with Crippen molar-refractivity contribution >= 4 is 11.9 Å². The molecule has 1 fully saturated rings. The number of aryl methyl sites for hydroxylation is 1. The number of fused-ring (bicyclic) bond motifs is 1.